The predicted octanol–water partition coefficient (Wildman–Crippen LogP) is 4.06. The molecule has 2 amide bonds. The lowest BCUT2D eigenvalue weighted by atomic mass is 9.90. The van der Waals surface area contributed by atoms with Crippen LogP contribution in [-0.4, -0.2) is 67.7 Å². The first-order valence-corrected chi connectivity index (χ1v) is 11.6. The second-order valence-electron chi connectivity index (χ2n) is 8.69. The molecule has 7 nitrogen and oxygen atoms in total. The monoisotopic (exact) mass is 431 g/mol. The Bertz CT molecular complexity index is 746. The van der Waals surface area contributed by atoms with Crippen LogP contribution in [0.1, 0.15) is 51.0 Å². The molecule has 1 aromatic rings. The van der Waals surface area contributed by atoms with Crippen molar-refractivity contribution in [3.8, 4) is 5.75 Å². The molecule has 0 spiro atoms. The van der Waals surface area contributed by atoms with Crippen molar-refractivity contribution in [1.82, 2.24) is 9.80 Å². The van der Waals surface area contributed by atoms with Crippen molar-refractivity contribution < 1.29 is 19.1 Å². The Kier molecular flexibility index (Phi) is 8.58. The molecule has 172 valence electrons. The SMILES string of the molecule is CCOC(=O)N1CCC(N2CCC[C@H](CCC(=O)Nc3ccc(OC)cc3C)C2)CC1. The lowest BCUT2D eigenvalue weighted by molar-refractivity contribution is -0.116. The van der Waals surface area contributed by atoms with Crippen LogP contribution in [0.4, 0.5) is 10.5 Å². The van der Waals surface area contributed by atoms with Gasteiger partial charge in [0.05, 0.1) is 13.7 Å². The van der Waals surface area contributed by atoms with Crippen LogP contribution in [0.5, 0.6) is 5.75 Å². The van der Waals surface area contributed by atoms with Crippen LogP contribution in [0.25, 0.3) is 0 Å². The van der Waals surface area contributed by atoms with Crippen molar-refractivity contribution in [2.45, 2.75) is 58.4 Å². The van der Waals surface area contributed by atoms with E-state index in [4.69, 9.17) is 9.47 Å². The number of carbonyl (C=O) groups is 2. The van der Waals surface area contributed by atoms with Crippen LogP contribution >= 0.6 is 0 Å². The van der Waals surface area contributed by atoms with Crippen LogP contribution in [0.15, 0.2) is 18.2 Å². The molecule has 0 aromatic heterocycles. The molecule has 1 atom stereocenters. The fourth-order valence-corrected chi connectivity index (χ4v) is 4.74. The smallest absolute Gasteiger partial charge is 0.409 e. The van der Waals surface area contributed by atoms with Gasteiger partial charge in [-0.3, -0.25) is 9.69 Å². The average molecular weight is 432 g/mol. The zero-order valence-electron chi connectivity index (χ0n) is 19.2. The van der Waals surface area contributed by atoms with Crippen molar-refractivity contribution in [1.29, 1.82) is 0 Å². The topological polar surface area (TPSA) is 71.1 Å². The number of aryl methyl sites for hydroxylation is 1. The first kappa shape index (κ1) is 23.4. The van der Waals surface area contributed by atoms with E-state index >= 15 is 0 Å². The normalized spacial score (nSPS) is 20.4. The average Bonchev–Trinajstić information content (AvgIpc) is 2.79. The standard InChI is InChI=1S/C24H37N3O4/c1-4-31-24(29)26-14-11-20(12-15-26)27-13-5-6-19(17-27)7-10-23(28)25-22-9-8-21(30-3)16-18(22)2/h8-9,16,19-20H,4-7,10-15,17H2,1-3H3,(H,25,28)/t19-/m1/s1. The van der Waals surface area contributed by atoms with Gasteiger partial charge in [0.2, 0.25) is 5.91 Å². The molecule has 2 heterocycles. The third-order valence-electron chi connectivity index (χ3n) is 6.54. The van der Waals surface area contributed by atoms with Crippen molar-refractivity contribution in [2.75, 3.05) is 45.2 Å². The van der Waals surface area contributed by atoms with Gasteiger partial charge in [-0.1, -0.05) is 0 Å². The lowest BCUT2D eigenvalue weighted by Crippen LogP contribution is -2.49. The van der Waals surface area contributed by atoms with Gasteiger partial charge in [0, 0.05) is 37.8 Å². The van der Waals surface area contributed by atoms with Crippen LogP contribution < -0.4 is 10.1 Å². The Morgan fingerprint density at radius 1 is 1.16 bits per heavy atom. The summed E-state index contributed by atoms with van der Waals surface area (Å²) in [7, 11) is 1.64. The van der Waals surface area contributed by atoms with Crippen LogP contribution in [0.2, 0.25) is 0 Å². The molecule has 31 heavy (non-hydrogen) atoms. The molecule has 2 saturated heterocycles. The molecular formula is C24H37N3O4. The minimum atomic E-state index is -0.185. The maximum absolute atomic E-state index is 12.5. The molecule has 0 saturated carbocycles. The summed E-state index contributed by atoms with van der Waals surface area (Å²) in [6.45, 7) is 7.97. The van der Waals surface area contributed by atoms with Gasteiger partial charge in [0.1, 0.15) is 5.75 Å². The Balaban J connectivity index is 1.42. The van der Waals surface area contributed by atoms with E-state index in [0.29, 0.717) is 25.0 Å². The van der Waals surface area contributed by atoms with Gasteiger partial charge >= 0.3 is 6.09 Å². The number of hydrogen-bond donors (Lipinski definition) is 1. The molecule has 7 heteroatoms. The van der Waals surface area contributed by atoms with E-state index < -0.39 is 0 Å². The van der Waals surface area contributed by atoms with E-state index in [9.17, 15) is 9.59 Å². The summed E-state index contributed by atoms with van der Waals surface area (Å²) >= 11 is 0. The Morgan fingerprint density at radius 2 is 1.94 bits per heavy atom. The highest BCUT2D eigenvalue weighted by Gasteiger charge is 2.30. The highest BCUT2D eigenvalue weighted by atomic mass is 16.6. The third kappa shape index (κ3) is 6.60. The zero-order chi connectivity index (χ0) is 22.2. The largest absolute Gasteiger partial charge is 0.497 e. The number of nitrogens with zero attached hydrogens (tertiary/aromatic N) is 2. The van der Waals surface area contributed by atoms with E-state index in [-0.39, 0.29) is 12.0 Å². The van der Waals surface area contributed by atoms with Gasteiger partial charge in [0.15, 0.2) is 0 Å². The van der Waals surface area contributed by atoms with Crippen LogP contribution in [0, 0.1) is 12.8 Å². The third-order valence-corrected chi connectivity index (χ3v) is 6.54. The van der Waals surface area contributed by atoms with Crippen molar-refractivity contribution in [3.05, 3.63) is 23.8 Å². The molecule has 1 aromatic carbocycles. The quantitative estimate of drug-likeness (QED) is 0.705. The van der Waals surface area contributed by atoms with Gasteiger partial charge < -0.3 is 19.7 Å². The van der Waals surface area contributed by atoms with Gasteiger partial charge in [-0.15, -0.1) is 0 Å². The number of anilines is 1. The molecule has 3 rings (SSSR count). The van der Waals surface area contributed by atoms with E-state index in [1.807, 2.05) is 36.9 Å². The van der Waals surface area contributed by atoms with Gasteiger partial charge in [0.25, 0.3) is 0 Å². The molecule has 2 aliphatic heterocycles. The number of carbonyl (C=O) groups excluding carboxylic acids is 2. The van der Waals surface area contributed by atoms with Gasteiger partial charge in [-0.2, -0.15) is 0 Å². The van der Waals surface area contributed by atoms with Crippen molar-refractivity contribution in [2.24, 2.45) is 5.92 Å². The van der Waals surface area contributed by atoms with Crippen molar-refractivity contribution in [3.63, 3.8) is 0 Å². The van der Waals surface area contributed by atoms with Gasteiger partial charge in [-0.25, -0.2) is 4.79 Å². The molecule has 0 radical (unpaired) electrons. The number of benzene rings is 1. The number of likely N-dealkylation sites (tertiary alicyclic amines) is 2. The zero-order valence-corrected chi connectivity index (χ0v) is 19.2. The Morgan fingerprint density at radius 3 is 2.61 bits per heavy atom. The number of amides is 2. The molecular weight excluding hydrogens is 394 g/mol. The predicted molar refractivity (Wildman–Crippen MR) is 122 cm³/mol. The highest BCUT2D eigenvalue weighted by Crippen LogP contribution is 2.27. The molecule has 0 bridgehead atoms. The number of piperidine rings is 2. The Hall–Kier alpha value is -2.28. The lowest BCUT2D eigenvalue weighted by Gasteiger charge is -2.42. The summed E-state index contributed by atoms with van der Waals surface area (Å²) in [5.41, 5.74) is 1.86. The summed E-state index contributed by atoms with van der Waals surface area (Å²) in [6, 6.07) is 6.23. The molecule has 0 unspecified atom stereocenters. The minimum Gasteiger partial charge on any atom is -0.497 e. The maximum atomic E-state index is 12.5. The Labute approximate surface area is 186 Å². The fraction of sp³-hybridized carbons (Fsp3) is 0.667. The summed E-state index contributed by atoms with van der Waals surface area (Å²) in [5, 5.41) is 3.04. The maximum Gasteiger partial charge on any atom is 0.409 e. The van der Waals surface area contributed by atoms with E-state index in [1.54, 1.807) is 7.11 Å². The molecule has 0 aliphatic carbocycles. The number of hydrogen-bond acceptors (Lipinski definition) is 5. The number of rotatable bonds is 7. The number of nitrogens with one attached hydrogen (secondary N) is 1. The second-order valence-corrected chi connectivity index (χ2v) is 8.69. The molecule has 2 fully saturated rings. The summed E-state index contributed by atoms with van der Waals surface area (Å²) in [6.07, 6.45) is 5.65. The van der Waals surface area contributed by atoms with E-state index in [0.717, 1.165) is 62.4 Å². The molecule has 2 aliphatic rings. The first-order valence-electron chi connectivity index (χ1n) is 11.6. The number of ether oxygens (including phenoxy) is 2. The first-order chi connectivity index (χ1) is 15.0. The van der Waals surface area contributed by atoms with E-state index in [2.05, 4.69) is 10.2 Å². The summed E-state index contributed by atoms with van der Waals surface area (Å²) in [5.74, 6) is 1.43. The van der Waals surface area contributed by atoms with Crippen LogP contribution in [-0.2, 0) is 9.53 Å². The van der Waals surface area contributed by atoms with Crippen molar-refractivity contribution >= 4 is 17.7 Å². The minimum absolute atomic E-state index is 0.0770. The second kappa shape index (κ2) is 11.4. The molecule has 1 N–H and O–H groups in total. The van der Waals surface area contributed by atoms with Crippen LogP contribution in [0.3, 0.4) is 0 Å². The summed E-state index contributed by atoms with van der Waals surface area (Å²) in [4.78, 5) is 28.8. The summed E-state index contributed by atoms with van der Waals surface area (Å²) < 4.78 is 10.4. The van der Waals surface area contributed by atoms with E-state index in [1.165, 1.54) is 12.8 Å². The highest BCUT2D eigenvalue weighted by molar-refractivity contribution is 5.91. The van der Waals surface area contributed by atoms with Gasteiger partial charge in [-0.05, 0) is 82.2 Å². The number of methoxy groups -OCH3 is 1. The fourth-order valence-electron chi connectivity index (χ4n) is 4.74.